The van der Waals surface area contributed by atoms with Crippen molar-refractivity contribution in [3.63, 3.8) is 0 Å². The molecule has 108 valence electrons. The van der Waals surface area contributed by atoms with E-state index in [1.165, 1.54) is 6.92 Å². The van der Waals surface area contributed by atoms with Crippen LogP contribution in [0.2, 0.25) is 5.02 Å². The Balaban J connectivity index is 2.18. The number of Topliss-reactive ketones (excluding diaryl/α,β-unsaturated/α-hetero) is 1. The van der Waals surface area contributed by atoms with Crippen molar-refractivity contribution >= 4 is 23.3 Å². The molecule has 21 heavy (non-hydrogen) atoms. The van der Waals surface area contributed by atoms with Crippen LogP contribution in [0.3, 0.4) is 0 Å². The van der Waals surface area contributed by atoms with Gasteiger partial charge in [0.2, 0.25) is 5.91 Å². The first-order chi connectivity index (χ1) is 10.1. The number of carbonyl (C=O) groups is 2. The first-order valence-electron chi connectivity index (χ1n) is 6.67. The molecule has 0 aliphatic heterocycles. The summed E-state index contributed by atoms with van der Waals surface area (Å²) >= 11 is 5.87. The Kier molecular flexibility index (Phi) is 5.12. The predicted octanol–water partition coefficient (Wildman–Crippen LogP) is 3.79. The van der Waals surface area contributed by atoms with E-state index in [-0.39, 0.29) is 24.2 Å². The van der Waals surface area contributed by atoms with Crippen molar-refractivity contribution in [1.82, 2.24) is 5.32 Å². The fraction of sp³-hybridized carbons (Fsp3) is 0.176. The molecule has 0 bridgehead atoms. The van der Waals surface area contributed by atoms with Crippen molar-refractivity contribution in [3.8, 4) is 0 Å². The second kappa shape index (κ2) is 7.04. The summed E-state index contributed by atoms with van der Waals surface area (Å²) < 4.78 is 0. The van der Waals surface area contributed by atoms with Gasteiger partial charge in [0.15, 0.2) is 5.78 Å². The van der Waals surface area contributed by atoms with Crippen LogP contribution in [0.15, 0.2) is 54.6 Å². The highest BCUT2D eigenvalue weighted by atomic mass is 35.5. The molecule has 0 fully saturated rings. The molecule has 2 aromatic rings. The summed E-state index contributed by atoms with van der Waals surface area (Å²) in [5.41, 5.74) is 1.50. The standard InChI is InChI=1S/C17H16ClNO2/c1-12(20)19-16(13-7-9-15(18)10-8-13)11-17(21)14-5-3-2-4-6-14/h2-10,16H,11H2,1H3,(H,19,20)/t16-/m0/s1. The molecule has 0 saturated carbocycles. The third kappa shape index (κ3) is 4.43. The molecule has 0 radical (unpaired) electrons. The van der Waals surface area contributed by atoms with Crippen LogP contribution in [0.5, 0.6) is 0 Å². The summed E-state index contributed by atoms with van der Waals surface area (Å²) in [5, 5.41) is 3.43. The van der Waals surface area contributed by atoms with E-state index in [0.29, 0.717) is 10.6 Å². The van der Waals surface area contributed by atoms with Crippen LogP contribution in [0, 0.1) is 0 Å². The van der Waals surface area contributed by atoms with Crippen LogP contribution in [-0.2, 0) is 4.79 Å². The highest BCUT2D eigenvalue weighted by Gasteiger charge is 2.18. The first kappa shape index (κ1) is 15.3. The highest BCUT2D eigenvalue weighted by molar-refractivity contribution is 6.30. The van der Waals surface area contributed by atoms with Crippen molar-refractivity contribution in [1.29, 1.82) is 0 Å². The van der Waals surface area contributed by atoms with Gasteiger partial charge in [0.05, 0.1) is 6.04 Å². The lowest BCUT2D eigenvalue weighted by Gasteiger charge is -2.18. The summed E-state index contributed by atoms with van der Waals surface area (Å²) in [5.74, 6) is -0.180. The maximum Gasteiger partial charge on any atom is 0.217 e. The van der Waals surface area contributed by atoms with Crippen molar-refractivity contribution in [2.75, 3.05) is 0 Å². The monoisotopic (exact) mass is 301 g/mol. The van der Waals surface area contributed by atoms with E-state index < -0.39 is 0 Å². The van der Waals surface area contributed by atoms with Gasteiger partial charge in [-0.15, -0.1) is 0 Å². The first-order valence-corrected chi connectivity index (χ1v) is 7.05. The number of hydrogen-bond donors (Lipinski definition) is 1. The van der Waals surface area contributed by atoms with Gasteiger partial charge < -0.3 is 5.32 Å². The summed E-state index contributed by atoms with van der Waals surface area (Å²) in [4.78, 5) is 23.7. The van der Waals surface area contributed by atoms with Crippen molar-refractivity contribution in [2.45, 2.75) is 19.4 Å². The Morgan fingerprint density at radius 1 is 1.05 bits per heavy atom. The molecule has 0 saturated heterocycles. The van der Waals surface area contributed by atoms with Gasteiger partial charge in [-0.2, -0.15) is 0 Å². The smallest absolute Gasteiger partial charge is 0.217 e. The fourth-order valence-electron chi connectivity index (χ4n) is 2.12. The van der Waals surface area contributed by atoms with Gasteiger partial charge in [-0.25, -0.2) is 0 Å². The molecule has 1 amide bonds. The molecule has 0 aliphatic carbocycles. The van der Waals surface area contributed by atoms with E-state index in [9.17, 15) is 9.59 Å². The van der Waals surface area contributed by atoms with Gasteiger partial charge in [0.1, 0.15) is 0 Å². The van der Waals surface area contributed by atoms with Crippen molar-refractivity contribution < 1.29 is 9.59 Å². The molecule has 2 aromatic carbocycles. The molecule has 0 aromatic heterocycles. The maximum absolute atomic E-state index is 12.3. The number of carbonyl (C=O) groups excluding carboxylic acids is 2. The fourth-order valence-corrected chi connectivity index (χ4v) is 2.25. The molecule has 2 rings (SSSR count). The van der Waals surface area contributed by atoms with Gasteiger partial charge in [-0.3, -0.25) is 9.59 Å². The molecule has 0 aliphatic rings. The molecule has 4 heteroatoms. The van der Waals surface area contributed by atoms with Crippen LogP contribution in [-0.4, -0.2) is 11.7 Å². The number of hydrogen-bond acceptors (Lipinski definition) is 2. The lowest BCUT2D eigenvalue weighted by atomic mass is 9.98. The van der Waals surface area contributed by atoms with Crippen LogP contribution in [0.4, 0.5) is 0 Å². The Bertz CT molecular complexity index is 623. The zero-order valence-electron chi connectivity index (χ0n) is 11.7. The predicted molar refractivity (Wildman–Crippen MR) is 83.4 cm³/mol. The molecular weight excluding hydrogens is 286 g/mol. The molecule has 1 N–H and O–H groups in total. The van der Waals surface area contributed by atoms with Crippen LogP contribution < -0.4 is 5.32 Å². The Hall–Kier alpha value is -2.13. The van der Waals surface area contributed by atoms with E-state index in [1.807, 2.05) is 30.3 Å². The minimum absolute atomic E-state index is 0.00991. The molecule has 0 spiro atoms. The second-order valence-corrected chi connectivity index (χ2v) is 5.23. The van der Waals surface area contributed by atoms with Crippen molar-refractivity contribution in [3.05, 3.63) is 70.7 Å². The molecule has 1 atom stereocenters. The lowest BCUT2D eigenvalue weighted by Crippen LogP contribution is -2.28. The van der Waals surface area contributed by atoms with E-state index in [1.54, 1.807) is 24.3 Å². The molecule has 0 unspecified atom stereocenters. The number of ketones is 1. The average molecular weight is 302 g/mol. The van der Waals surface area contributed by atoms with E-state index in [2.05, 4.69) is 5.32 Å². The Morgan fingerprint density at radius 2 is 1.67 bits per heavy atom. The van der Waals surface area contributed by atoms with Crippen LogP contribution in [0.1, 0.15) is 35.3 Å². The zero-order chi connectivity index (χ0) is 15.2. The minimum Gasteiger partial charge on any atom is -0.349 e. The SMILES string of the molecule is CC(=O)N[C@@H](CC(=O)c1ccccc1)c1ccc(Cl)cc1. The lowest BCUT2D eigenvalue weighted by molar-refractivity contribution is -0.119. The maximum atomic E-state index is 12.3. The highest BCUT2D eigenvalue weighted by Crippen LogP contribution is 2.21. The third-order valence-corrected chi connectivity index (χ3v) is 3.39. The number of benzene rings is 2. The number of nitrogens with one attached hydrogen (secondary N) is 1. The molecular formula is C17H16ClNO2. The zero-order valence-corrected chi connectivity index (χ0v) is 12.4. The number of amides is 1. The summed E-state index contributed by atoms with van der Waals surface area (Å²) in [6, 6.07) is 15.8. The van der Waals surface area contributed by atoms with Gasteiger partial charge >= 0.3 is 0 Å². The average Bonchev–Trinajstić information content (AvgIpc) is 2.48. The summed E-state index contributed by atoms with van der Waals surface area (Å²) in [6.45, 7) is 1.44. The number of rotatable bonds is 5. The van der Waals surface area contributed by atoms with Gasteiger partial charge in [-0.05, 0) is 17.7 Å². The normalized spacial score (nSPS) is 11.7. The van der Waals surface area contributed by atoms with Crippen LogP contribution in [0.25, 0.3) is 0 Å². The Morgan fingerprint density at radius 3 is 2.24 bits per heavy atom. The summed E-state index contributed by atoms with van der Waals surface area (Å²) in [7, 11) is 0. The molecule has 0 heterocycles. The van der Waals surface area contributed by atoms with Gasteiger partial charge in [-0.1, -0.05) is 54.1 Å². The summed E-state index contributed by atoms with van der Waals surface area (Å²) in [6.07, 6.45) is 0.214. The number of halogens is 1. The van der Waals surface area contributed by atoms with E-state index in [4.69, 9.17) is 11.6 Å². The Labute approximate surface area is 128 Å². The van der Waals surface area contributed by atoms with Crippen molar-refractivity contribution in [2.24, 2.45) is 0 Å². The van der Waals surface area contributed by atoms with Gasteiger partial charge in [0.25, 0.3) is 0 Å². The second-order valence-electron chi connectivity index (χ2n) is 4.80. The van der Waals surface area contributed by atoms with E-state index in [0.717, 1.165) is 5.56 Å². The van der Waals surface area contributed by atoms with Gasteiger partial charge in [0, 0.05) is 23.9 Å². The van der Waals surface area contributed by atoms with Crippen LogP contribution >= 0.6 is 11.6 Å². The van der Waals surface area contributed by atoms with E-state index >= 15 is 0 Å². The molecule has 3 nitrogen and oxygen atoms in total. The minimum atomic E-state index is -0.354. The topological polar surface area (TPSA) is 46.2 Å². The quantitative estimate of drug-likeness (QED) is 0.854. The third-order valence-electron chi connectivity index (χ3n) is 3.14. The largest absolute Gasteiger partial charge is 0.349 e.